The number of carboxylic acids is 1. The molecule has 0 radical (unpaired) electrons. The summed E-state index contributed by atoms with van der Waals surface area (Å²) in [5, 5.41) is 12.4. The van der Waals surface area contributed by atoms with E-state index in [-0.39, 0.29) is 0 Å². The molecule has 0 saturated carbocycles. The minimum atomic E-state index is -0.922. The van der Waals surface area contributed by atoms with Crippen molar-refractivity contribution in [3.63, 3.8) is 0 Å². The predicted octanol–water partition coefficient (Wildman–Crippen LogP) is 3.11. The lowest BCUT2D eigenvalue weighted by molar-refractivity contribution is -0.149. The van der Waals surface area contributed by atoms with Crippen LogP contribution in [0.1, 0.15) is 18.1 Å². The van der Waals surface area contributed by atoms with Crippen LogP contribution in [0, 0.1) is 0 Å². The lowest BCUT2D eigenvalue weighted by Gasteiger charge is -2.16. The third-order valence-electron chi connectivity index (χ3n) is 3.73. The van der Waals surface area contributed by atoms with Gasteiger partial charge in [0.05, 0.1) is 0 Å². The minimum absolute atomic E-state index is 0.370. The quantitative estimate of drug-likeness (QED) is 0.786. The van der Waals surface area contributed by atoms with Gasteiger partial charge in [-0.1, -0.05) is 42.5 Å². The van der Waals surface area contributed by atoms with Gasteiger partial charge in [-0.2, -0.15) is 0 Å². The van der Waals surface area contributed by atoms with Gasteiger partial charge >= 0.3 is 5.97 Å². The van der Waals surface area contributed by atoms with E-state index in [1.54, 1.807) is 0 Å². The van der Waals surface area contributed by atoms with Crippen LogP contribution in [0.2, 0.25) is 0 Å². The Morgan fingerprint density at radius 3 is 2.48 bits per heavy atom. The molecule has 0 heterocycles. The number of carboxylic acid groups (broad SMARTS) is 1. The van der Waals surface area contributed by atoms with Crippen molar-refractivity contribution in [2.24, 2.45) is 0 Å². The topological polar surface area (TPSA) is 58.6 Å². The van der Waals surface area contributed by atoms with Crippen molar-refractivity contribution in [1.29, 1.82) is 0 Å². The first kappa shape index (κ1) is 17.2. The Labute approximate surface area is 137 Å². The Morgan fingerprint density at radius 2 is 1.87 bits per heavy atom. The van der Waals surface area contributed by atoms with Gasteiger partial charge in [-0.15, -0.1) is 0 Å². The highest BCUT2D eigenvalue weighted by atomic mass is 16.5. The molecule has 0 aliphatic heterocycles. The Bertz CT molecular complexity index is 640. The number of benzene rings is 2. The highest BCUT2D eigenvalue weighted by Gasteiger charge is 2.19. The van der Waals surface area contributed by atoms with E-state index < -0.39 is 12.1 Å². The van der Waals surface area contributed by atoms with Crippen molar-refractivity contribution in [3.05, 3.63) is 59.7 Å². The summed E-state index contributed by atoms with van der Waals surface area (Å²) in [4.78, 5) is 11.3. The number of rotatable bonds is 8. The van der Waals surface area contributed by atoms with Crippen molar-refractivity contribution in [3.8, 4) is 11.1 Å². The Balaban J connectivity index is 2.31. The monoisotopic (exact) mass is 313 g/mol. The second kappa shape index (κ2) is 8.46. The number of nitrogens with one attached hydrogen (secondary N) is 1. The molecular formula is C19H23NO3. The molecule has 0 fully saturated rings. The molecule has 0 aromatic heterocycles. The van der Waals surface area contributed by atoms with Gasteiger partial charge in [-0.25, -0.2) is 4.79 Å². The van der Waals surface area contributed by atoms with Crippen LogP contribution in [-0.2, 0) is 22.5 Å². The van der Waals surface area contributed by atoms with Gasteiger partial charge in [-0.3, -0.25) is 0 Å². The third-order valence-corrected chi connectivity index (χ3v) is 3.73. The van der Waals surface area contributed by atoms with E-state index in [4.69, 9.17) is 4.74 Å². The van der Waals surface area contributed by atoms with Crippen LogP contribution >= 0.6 is 0 Å². The normalized spacial score (nSPS) is 12.1. The summed E-state index contributed by atoms with van der Waals surface area (Å²) in [5.74, 6) is -0.922. The van der Waals surface area contributed by atoms with E-state index in [1.165, 1.54) is 0 Å². The van der Waals surface area contributed by atoms with E-state index in [1.807, 2.05) is 44.3 Å². The molecule has 0 spiro atoms. The van der Waals surface area contributed by atoms with Gasteiger partial charge < -0.3 is 15.2 Å². The zero-order valence-corrected chi connectivity index (χ0v) is 13.6. The fraction of sp³-hybridized carbons (Fsp3) is 0.316. The van der Waals surface area contributed by atoms with E-state index in [2.05, 4.69) is 23.5 Å². The van der Waals surface area contributed by atoms with E-state index >= 15 is 0 Å². The average molecular weight is 313 g/mol. The molecule has 23 heavy (non-hydrogen) atoms. The molecule has 4 nitrogen and oxygen atoms in total. The summed E-state index contributed by atoms with van der Waals surface area (Å²) >= 11 is 0. The van der Waals surface area contributed by atoms with Crippen molar-refractivity contribution in [2.45, 2.75) is 26.0 Å². The summed E-state index contributed by atoms with van der Waals surface area (Å²) in [6.07, 6.45) is -0.437. The molecule has 0 aliphatic carbocycles. The smallest absolute Gasteiger partial charge is 0.333 e. The van der Waals surface area contributed by atoms with Crippen LogP contribution in [0.4, 0.5) is 0 Å². The number of hydrogen-bond donors (Lipinski definition) is 2. The summed E-state index contributed by atoms with van der Waals surface area (Å²) in [5.41, 5.74) is 4.37. The molecule has 1 atom stereocenters. The maximum Gasteiger partial charge on any atom is 0.333 e. The zero-order valence-electron chi connectivity index (χ0n) is 13.6. The van der Waals surface area contributed by atoms with Gasteiger partial charge in [0.2, 0.25) is 0 Å². The highest BCUT2D eigenvalue weighted by molar-refractivity contribution is 5.73. The maximum atomic E-state index is 11.3. The van der Waals surface area contributed by atoms with Crippen LogP contribution in [0.3, 0.4) is 0 Å². The molecule has 0 amide bonds. The molecule has 2 N–H and O–H groups in total. The fourth-order valence-corrected chi connectivity index (χ4v) is 2.61. The average Bonchev–Trinajstić information content (AvgIpc) is 2.56. The first-order valence-electron chi connectivity index (χ1n) is 7.82. The Kier molecular flexibility index (Phi) is 6.32. The first-order valence-corrected chi connectivity index (χ1v) is 7.82. The fourth-order valence-electron chi connectivity index (χ4n) is 2.61. The van der Waals surface area contributed by atoms with E-state index in [0.717, 1.165) is 22.3 Å². The minimum Gasteiger partial charge on any atom is -0.479 e. The van der Waals surface area contributed by atoms with Crippen molar-refractivity contribution in [2.75, 3.05) is 13.7 Å². The summed E-state index contributed by atoms with van der Waals surface area (Å²) in [6.45, 7) is 2.89. The lowest BCUT2D eigenvalue weighted by atomic mass is 9.96. The molecule has 2 aromatic carbocycles. The van der Waals surface area contributed by atoms with Gasteiger partial charge in [-0.05, 0) is 42.3 Å². The molecule has 0 saturated heterocycles. The van der Waals surface area contributed by atoms with Gasteiger partial charge in [0.1, 0.15) is 0 Å². The first-order chi connectivity index (χ1) is 11.2. The SMILES string of the molecule is CCOC(Cc1ccc(-c2ccccc2)cc1CNC)C(=O)O. The predicted molar refractivity (Wildman–Crippen MR) is 91.4 cm³/mol. The van der Waals surface area contributed by atoms with Crippen LogP contribution < -0.4 is 5.32 Å². The number of carbonyl (C=O) groups is 1. The second-order valence-electron chi connectivity index (χ2n) is 5.37. The number of aliphatic carboxylic acids is 1. The van der Waals surface area contributed by atoms with Crippen molar-refractivity contribution in [1.82, 2.24) is 5.32 Å². The molecule has 0 bridgehead atoms. The van der Waals surface area contributed by atoms with Crippen LogP contribution in [0.25, 0.3) is 11.1 Å². The summed E-state index contributed by atoms with van der Waals surface area (Å²) in [6, 6.07) is 16.3. The summed E-state index contributed by atoms with van der Waals surface area (Å²) in [7, 11) is 1.89. The second-order valence-corrected chi connectivity index (χ2v) is 5.37. The molecule has 1 unspecified atom stereocenters. The van der Waals surface area contributed by atoms with E-state index in [0.29, 0.717) is 19.6 Å². The Morgan fingerprint density at radius 1 is 1.13 bits per heavy atom. The molecule has 122 valence electrons. The standard InChI is InChI=1S/C19H23NO3/c1-3-23-18(19(21)22)12-16-10-9-15(11-17(16)13-20-2)14-7-5-4-6-8-14/h4-11,18,20H,3,12-13H2,1-2H3,(H,21,22). The molecule has 2 aromatic rings. The largest absolute Gasteiger partial charge is 0.479 e. The summed E-state index contributed by atoms with van der Waals surface area (Å²) < 4.78 is 5.34. The molecule has 4 heteroatoms. The molecule has 0 aliphatic rings. The van der Waals surface area contributed by atoms with Crippen molar-refractivity contribution >= 4 is 5.97 Å². The number of hydrogen-bond acceptors (Lipinski definition) is 3. The molecule has 2 rings (SSSR count). The van der Waals surface area contributed by atoms with Crippen molar-refractivity contribution < 1.29 is 14.6 Å². The lowest BCUT2D eigenvalue weighted by Crippen LogP contribution is -2.27. The van der Waals surface area contributed by atoms with Gasteiger partial charge in [0, 0.05) is 19.6 Å². The molecular weight excluding hydrogens is 290 g/mol. The van der Waals surface area contributed by atoms with Crippen LogP contribution in [0.5, 0.6) is 0 Å². The third kappa shape index (κ3) is 4.65. The highest BCUT2D eigenvalue weighted by Crippen LogP contribution is 2.23. The van der Waals surface area contributed by atoms with E-state index in [9.17, 15) is 9.90 Å². The maximum absolute atomic E-state index is 11.3. The zero-order chi connectivity index (χ0) is 16.7. The number of ether oxygens (including phenoxy) is 1. The van der Waals surface area contributed by atoms with Crippen LogP contribution in [0.15, 0.2) is 48.5 Å². The van der Waals surface area contributed by atoms with Gasteiger partial charge in [0.25, 0.3) is 0 Å². The van der Waals surface area contributed by atoms with Gasteiger partial charge in [0.15, 0.2) is 6.10 Å². The Hall–Kier alpha value is -2.17. The van der Waals surface area contributed by atoms with Crippen LogP contribution in [-0.4, -0.2) is 30.8 Å².